The van der Waals surface area contributed by atoms with Crippen molar-refractivity contribution in [1.82, 2.24) is 4.90 Å². The third-order valence-electron chi connectivity index (χ3n) is 6.43. The first-order chi connectivity index (χ1) is 15.6. The SMILES string of the molecule is N=C(N)c1cccc(C2Oc3ccccc3N(CCCCCN3CCCC3CO)C2=O)c1. The molecule has 1 amide bonds. The molecule has 2 heterocycles. The summed E-state index contributed by atoms with van der Waals surface area (Å²) in [6.45, 7) is 2.94. The Balaban J connectivity index is 1.42. The summed E-state index contributed by atoms with van der Waals surface area (Å²) >= 11 is 0. The highest BCUT2D eigenvalue weighted by Gasteiger charge is 2.35. The van der Waals surface area contributed by atoms with Gasteiger partial charge in [0.2, 0.25) is 6.10 Å². The van der Waals surface area contributed by atoms with Crippen molar-refractivity contribution >= 4 is 17.4 Å². The number of anilines is 1. The lowest BCUT2D eigenvalue weighted by atomic mass is 10.0. The fraction of sp³-hybridized carbons (Fsp3) is 0.440. The van der Waals surface area contributed by atoms with E-state index in [4.69, 9.17) is 15.9 Å². The maximum absolute atomic E-state index is 13.4. The van der Waals surface area contributed by atoms with Gasteiger partial charge in [0.1, 0.15) is 11.6 Å². The van der Waals surface area contributed by atoms with Crippen LogP contribution < -0.4 is 15.4 Å². The number of rotatable bonds is 9. The van der Waals surface area contributed by atoms with Crippen molar-refractivity contribution in [2.24, 2.45) is 5.73 Å². The number of aliphatic hydroxyl groups excluding tert-OH is 1. The molecule has 0 aliphatic carbocycles. The van der Waals surface area contributed by atoms with Gasteiger partial charge in [0.15, 0.2) is 0 Å². The van der Waals surface area contributed by atoms with Crippen molar-refractivity contribution in [3.8, 4) is 5.75 Å². The third kappa shape index (κ3) is 4.79. The molecule has 0 spiro atoms. The van der Waals surface area contributed by atoms with Crippen LogP contribution in [0.1, 0.15) is 49.3 Å². The highest BCUT2D eigenvalue weighted by atomic mass is 16.5. The summed E-state index contributed by atoms with van der Waals surface area (Å²) in [6.07, 6.45) is 4.47. The second kappa shape index (κ2) is 10.1. The highest BCUT2D eigenvalue weighted by Crippen LogP contribution is 2.39. The first-order valence-corrected chi connectivity index (χ1v) is 11.4. The Morgan fingerprint density at radius 1 is 1.12 bits per heavy atom. The Labute approximate surface area is 189 Å². The number of hydrogen-bond acceptors (Lipinski definition) is 5. The number of nitrogens with two attached hydrogens (primary N) is 1. The zero-order valence-corrected chi connectivity index (χ0v) is 18.4. The average Bonchev–Trinajstić information content (AvgIpc) is 3.27. The van der Waals surface area contributed by atoms with E-state index in [0.29, 0.717) is 29.5 Å². The molecule has 4 rings (SSSR count). The predicted molar refractivity (Wildman–Crippen MR) is 125 cm³/mol. The molecule has 0 bridgehead atoms. The van der Waals surface area contributed by atoms with Gasteiger partial charge in [-0.2, -0.15) is 0 Å². The van der Waals surface area contributed by atoms with E-state index in [9.17, 15) is 9.90 Å². The topological polar surface area (TPSA) is 103 Å². The van der Waals surface area contributed by atoms with Crippen LogP contribution in [0.4, 0.5) is 5.69 Å². The number of amides is 1. The molecule has 1 saturated heterocycles. The van der Waals surface area contributed by atoms with Gasteiger partial charge in [-0.15, -0.1) is 0 Å². The second-order valence-corrected chi connectivity index (χ2v) is 8.57. The van der Waals surface area contributed by atoms with Gasteiger partial charge in [-0.3, -0.25) is 15.1 Å². The summed E-state index contributed by atoms with van der Waals surface area (Å²) in [5.41, 5.74) is 7.72. The Bertz CT molecular complexity index is 964. The average molecular weight is 437 g/mol. The quantitative estimate of drug-likeness (QED) is 0.318. The van der Waals surface area contributed by atoms with Crippen LogP contribution in [0.2, 0.25) is 0 Å². The summed E-state index contributed by atoms with van der Waals surface area (Å²) in [5, 5.41) is 17.2. The minimum absolute atomic E-state index is 0.0335. The molecule has 2 unspecified atom stereocenters. The molecule has 2 aromatic carbocycles. The molecular formula is C25H32N4O3. The van der Waals surface area contributed by atoms with Crippen LogP contribution in [0.25, 0.3) is 0 Å². The minimum Gasteiger partial charge on any atom is -0.474 e. The van der Waals surface area contributed by atoms with Gasteiger partial charge in [0.05, 0.1) is 12.3 Å². The first kappa shape index (κ1) is 22.3. The molecule has 0 radical (unpaired) electrons. The standard InChI is InChI=1S/C25H32N4O3/c26-24(27)19-9-6-8-18(16-19)23-25(31)29(21-11-2-3-12-22(21)32-23)15-5-1-4-13-28-14-7-10-20(28)17-30/h2-3,6,8-9,11-12,16,20,23,30H,1,4-5,7,10,13-15,17H2,(H3,26,27). The highest BCUT2D eigenvalue weighted by molar-refractivity contribution is 6.01. The van der Waals surface area contributed by atoms with E-state index >= 15 is 0 Å². The maximum Gasteiger partial charge on any atom is 0.272 e. The van der Waals surface area contributed by atoms with E-state index in [1.54, 1.807) is 18.2 Å². The Kier molecular flexibility index (Phi) is 7.07. The Morgan fingerprint density at radius 2 is 1.94 bits per heavy atom. The number of para-hydroxylation sites is 2. The lowest BCUT2D eigenvalue weighted by Crippen LogP contribution is -2.41. The van der Waals surface area contributed by atoms with Crippen LogP contribution in [0.15, 0.2) is 48.5 Å². The maximum atomic E-state index is 13.4. The van der Waals surface area contributed by atoms with Gasteiger partial charge in [-0.05, 0) is 57.0 Å². The molecule has 7 nitrogen and oxygen atoms in total. The van der Waals surface area contributed by atoms with E-state index in [0.717, 1.165) is 50.9 Å². The van der Waals surface area contributed by atoms with Crippen molar-refractivity contribution in [3.05, 3.63) is 59.7 Å². The van der Waals surface area contributed by atoms with Gasteiger partial charge < -0.3 is 20.5 Å². The van der Waals surface area contributed by atoms with Crippen LogP contribution >= 0.6 is 0 Å². The van der Waals surface area contributed by atoms with Crippen molar-refractivity contribution in [1.29, 1.82) is 5.41 Å². The summed E-state index contributed by atoms with van der Waals surface area (Å²) < 4.78 is 6.08. The Morgan fingerprint density at radius 3 is 2.75 bits per heavy atom. The van der Waals surface area contributed by atoms with E-state index in [-0.39, 0.29) is 18.3 Å². The number of hydrogen-bond donors (Lipinski definition) is 3. The van der Waals surface area contributed by atoms with Crippen molar-refractivity contribution in [2.45, 2.75) is 44.2 Å². The molecule has 2 aromatic rings. The molecule has 32 heavy (non-hydrogen) atoms. The van der Waals surface area contributed by atoms with Crippen molar-refractivity contribution in [3.63, 3.8) is 0 Å². The first-order valence-electron chi connectivity index (χ1n) is 11.4. The zero-order valence-electron chi connectivity index (χ0n) is 18.4. The fourth-order valence-electron chi connectivity index (χ4n) is 4.69. The number of nitrogens with one attached hydrogen (secondary N) is 1. The molecule has 0 aromatic heterocycles. The molecule has 2 aliphatic rings. The second-order valence-electron chi connectivity index (χ2n) is 8.57. The number of nitrogen functional groups attached to an aromatic ring is 1. The van der Waals surface area contributed by atoms with Crippen LogP contribution in [-0.2, 0) is 4.79 Å². The molecule has 170 valence electrons. The number of fused-ring (bicyclic) bond motifs is 1. The predicted octanol–water partition coefficient (Wildman–Crippen LogP) is 3.06. The van der Waals surface area contributed by atoms with E-state index in [1.165, 1.54) is 0 Å². The normalized spacial score (nSPS) is 20.8. The van der Waals surface area contributed by atoms with Gasteiger partial charge in [-0.1, -0.05) is 36.8 Å². The van der Waals surface area contributed by atoms with Gasteiger partial charge in [0, 0.05) is 23.7 Å². The largest absolute Gasteiger partial charge is 0.474 e. The van der Waals surface area contributed by atoms with Crippen LogP contribution in [0.5, 0.6) is 5.75 Å². The number of carbonyl (C=O) groups is 1. The van der Waals surface area contributed by atoms with Crippen LogP contribution in [0.3, 0.4) is 0 Å². The van der Waals surface area contributed by atoms with Crippen LogP contribution in [-0.4, -0.2) is 54.0 Å². The number of nitrogens with zero attached hydrogens (tertiary/aromatic N) is 2. The molecule has 4 N–H and O–H groups in total. The zero-order chi connectivity index (χ0) is 22.5. The molecule has 7 heteroatoms. The molecule has 2 aliphatic heterocycles. The van der Waals surface area contributed by atoms with E-state index in [1.807, 2.05) is 35.2 Å². The number of benzene rings is 2. The van der Waals surface area contributed by atoms with Crippen LogP contribution in [0, 0.1) is 5.41 Å². The lowest BCUT2D eigenvalue weighted by Gasteiger charge is -2.34. The van der Waals surface area contributed by atoms with E-state index in [2.05, 4.69) is 4.90 Å². The van der Waals surface area contributed by atoms with Crippen molar-refractivity contribution < 1.29 is 14.6 Å². The number of carbonyl (C=O) groups excluding carboxylic acids is 1. The van der Waals surface area contributed by atoms with Gasteiger partial charge >= 0.3 is 0 Å². The number of likely N-dealkylation sites (tertiary alicyclic amines) is 1. The van der Waals surface area contributed by atoms with Crippen molar-refractivity contribution in [2.75, 3.05) is 31.1 Å². The Hall–Kier alpha value is -2.90. The molecular weight excluding hydrogens is 404 g/mol. The number of aliphatic hydroxyl groups is 1. The van der Waals surface area contributed by atoms with Gasteiger partial charge in [0.25, 0.3) is 5.91 Å². The van der Waals surface area contributed by atoms with Gasteiger partial charge in [-0.25, -0.2) is 0 Å². The summed E-state index contributed by atoms with van der Waals surface area (Å²) in [4.78, 5) is 17.6. The summed E-state index contributed by atoms with van der Waals surface area (Å²) in [7, 11) is 0. The minimum atomic E-state index is -0.751. The lowest BCUT2D eigenvalue weighted by molar-refractivity contribution is -0.126. The number of ether oxygens (including phenoxy) is 1. The molecule has 1 fully saturated rings. The summed E-state index contributed by atoms with van der Waals surface area (Å²) in [5.74, 6) is 0.561. The smallest absolute Gasteiger partial charge is 0.272 e. The van der Waals surface area contributed by atoms with E-state index < -0.39 is 6.10 Å². The molecule has 2 atom stereocenters. The number of amidine groups is 1. The monoisotopic (exact) mass is 436 g/mol. The fourth-order valence-corrected chi connectivity index (χ4v) is 4.69. The molecule has 0 saturated carbocycles. The summed E-state index contributed by atoms with van der Waals surface area (Å²) in [6, 6.07) is 15.1. The third-order valence-corrected chi connectivity index (χ3v) is 6.43. The number of unbranched alkanes of at least 4 members (excludes halogenated alkanes) is 2.